The van der Waals surface area contributed by atoms with Gasteiger partial charge in [0.1, 0.15) is 0 Å². The van der Waals surface area contributed by atoms with Crippen LogP contribution in [-0.4, -0.2) is 14.1 Å². The number of para-hydroxylation sites is 2. The maximum absolute atomic E-state index is 6.64. The molecule has 0 atom stereocenters. The Hall–Kier alpha value is -6.81. The van der Waals surface area contributed by atoms with E-state index in [0.29, 0.717) is 23.3 Å². The van der Waals surface area contributed by atoms with E-state index in [1.54, 1.807) is 0 Å². The van der Waals surface area contributed by atoms with Crippen molar-refractivity contribution in [3.8, 4) is 67.6 Å². The largest absolute Gasteiger partial charge is 0.504 e. The maximum atomic E-state index is 6.64. The molecule has 0 N–H and O–H groups in total. The van der Waals surface area contributed by atoms with Gasteiger partial charge in [0.2, 0.25) is 6.33 Å². The molecule has 348 valence electrons. The molecule has 0 unspecified atom stereocenters. The van der Waals surface area contributed by atoms with Crippen LogP contribution in [0.25, 0.3) is 78.2 Å². The summed E-state index contributed by atoms with van der Waals surface area (Å²) >= 11 is 0. The third-order valence-corrected chi connectivity index (χ3v) is 13.2. The van der Waals surface area contributed by atoms with E-state index in [1.165, 1.54) is 61.3 Å². The van der Waals surface area contributed by atoms with Gasteiger partial charge in [0.05, 0.1) is 34.9 Å². The van der Waals surface area contributed by atoms with Gasteiger partial charge in [-0.3, -0.25) is 4.98 Å². The average molecular weight is 1080 g/mol. The van der Waals surface area contributed by atoms with Crippen LogP contribution in [0.5, 0.6) is 11.5 Å². The molecule has 0 saturated heterocycles. The SMILES string of the molecule is CC(C)c1cc(-c2ccccc2)cc(C(C)C)c1-c1ccc2c(c1)n(C)[c-][n+]2-c1[c-]c(Oc2[c-]c(-c3nc4ccccc4n3-c3c(C(C)C)cc(-c4ccccc4)cc3C(C)C)ccc2)ccc1.[Pt]. The molecule has 0 bridgehead atoms. The molecule has 8 aromatic carbocycles. The molecule has 0 amide bonds. The minimum atomic E-state index is 0. The molecule has 0 aliphatic heterocycles. The zero-order valence-electron chi connectivity index (χ0n) is 40.9. The van der Waals surface area contributed by atoms with Crippen LogP contribution in [0.2, 0.25) is 0 Å². The van der Waals surface area contributed by atoms with Crippen LogP contribution in [0.15, 0.2) is 164 Å². The van der Waals surface area contributed by atoms with Crippen molar-refractivity contribution in [2.75, 3.05) is 0 Å². The van der Waals surface area contributed by atoms with E-state index in [9.17, 15) is 0 Å². The van der Waals surface area contributed by atoms with E-state index in [-0.39, 0.29) is 32.9 Å². The first-order chi connectivity index (χ1) is 32.9. The van der Waals surface area contributed by atoms with E-state index in [4.69, 9.17) is 9.72 Å². The summed E-state index contributed by atoms with van der Waals surface area (Å²) in [5.74, 6) is 3.19. The number of hydrogen-bond donors (Lipinski definition) is 0. The van der Waals surface area contributed by atoms with Crippen molar-refractivity contribution in [2.45, 2.75) is 79.1 Å². The summed E-state index contributed by atoms with van der Waals surface area (Å²) in [5, 5.41) is 0. The quantitative estimate of drug-likeness (QED) is 0.0903. The number of rotatable bonds is 12. The van der Waals surface area contributed by atoms with Crippen LogP contribution in [0.3, 0.4) is 0 Å². The van der Waals surface area contributed by atoms with Crippen molar-refractivity contribution >= 4 is 22.1 Å². The van der Waals surface area contributed by atoms with Gasteiger partial charge in [-0.05, 0) is 104 Å². The Bertz CT molecular complexity index is 3390. The molecule has 69 heavy (non-hydrogen) atoms. The summed E-state index contributed by atoms with van der Waals surface area (Å²) in [4.78, 5) is 5.30. The van der Waals surface area contributed by atoms with Gasteiger partial charge in [0, 0.05) is 38.3 Å². The van der Waals surface area contributed by atoms with Gasteiger partial charge in [-0.1, -0.05) is 170 Å². The van der Waals surface area contributed by atoms with E-state index < -0.39 is 0 Å². The second-order valence-electron chi connectivity index (χ2n) is 19.3. The average Bonchev–Trinajstić information content (AvgIpc) is 3.91. The first-order valence-corrected chi connectivity index (χ1v) is 24.0. The van der Waals surface area contributed by atoms with Crippen LogP contribution >= 0.6 is 0 Å². The third-order valence-electron chi connectivity index (χ3n) is 13.2. The molecule has 5 nitrogen and oxygen atoms in total. The summed E-state index contributed by atoms with van der Waals surface area (Å²) in [5.41, 5.74) is 19.7. The van der Waals surface area contributed by atoms with Crippen molar-refractivity contribution in [2.24, 2.45) is 7.05 Å². The topological polar surface area (TPSA) is 35.9 Å². The number of ether oxygens (including phenoxy) is 1. The molecular weight excluding hydrogens is 1020 g/mol. The number of benzene rings is 8. The van der Waals surface area contributed by atoms with Gasteiger partial charge in [0.15, 0.2) is 0 Å². The molecule has 10 rings (SSSR count). The Balaban J connectivity index is 0.00000593. The molecule has 0 saturated carbocycles. The minimum Gasteiger partial charge on any atom is -0.504 e. The minimum absolute atomic E-state index is 0. The molecule has 0 aliphatic rings. The number of aryl methyl sites for hydroxylation is 1. The number of nitrogens with zero attached hydrogens (tertiary/aromatic N) is 4. The van der Waals surface area contributed by atoms with Crippen molar-refractivity contribution in [3.05, 3.63) is 205 Å². The summed E-state index contributed by atoms with van der Waals surface area (Å²) in [6, 6.07) is 65.4. The fraction of sp³-hybridized carbons (Fsp3) is 0.206. The fourth-order valence-electron chi connectivity index (χ4n) is 9.74. The molecule has 10 aromatic rings. The van der Waals surface area contributed by atoms with Crippen LogP contribution in [-0.2, 0) is 28.1 Å². The number of aromatic nitrogens is 4. The zero-order valence-corrected chi connectivity index (χ0v) is 43.2. The Kier molecular flexibility index (Phi) is 13.5. The Morgan fingerprint density at radius 2 is 1.03 bits per heavy atom. The van der Waals surface area contributed by atoms with Crippen LogP contribution < -0.4 is 9.30 Å². The van der Waals surface area contributed by atoms with Gasteiger partial charge in [-0.25, -0.2) is 0 Å². The Morgan fingerprint density at radius 3 is 1.62 bits per heavy atom. The van der Waals surface area contributed by atoms with E-state index in [1.807, 2.05) is 24.3 Å². The Morgan fingerprint density at radius 1 is 0.493 bits per heavy atom. The predicted octanol–water partition coefficient (Wildman–Crippen LogP) is 16.1. The predicted molar refractivity (Wildman–Crippen MR) is 280 cm³/mol. The van der Waals surface area contributed by atoms with E-state index in [0.717, 1.165) is 39.1 Å². The molecule has 6 heteroatoms. The van der Waals surface area contributed by atoms with Gasteiger partial charge in [-0.2, -0.15) is 12.1 Å². The first kappa shape index (κ1) is 47.3. The molecule has 0 spiro atoms. The third kappa shape index (κ3) is 9.13. The molecule has 2 aromatic heterocycles. The van der Waals surface area contributed by atoms with Crippen molar-refractivity contribution in [1.82, 2.24) is 14.1 Å². The first-order valence-electron chi connectivity index (χ1n) is 24.0. The van der Waals surface area contributed by atoms with Gasteiger partial charge < -0.3 is 18.4 Å². The summed E-state index contributed by atoms with van der Waals surface area (Å²) in [6.07, 6.45) is 3.57. The van der Waals surface area contributed by atoms with Crippen molar-refractivity contribution in [3.63, 3.8) is 0 Å². The summed E-state index contributed by atoms with van der Waals surface area (Å²) < 4.78 is 13.1. The number of fused-ring (bicyclic) bond motifs is 2. The Labute approximate surface area is 422 Å². The second-order valence-corrected chi connectivity index (χ2v) is 19.3. The standard InChI is InChI=1S/C63H58N4O.Pt/c1-40(2)53-33-48(44-20-12-10-13-21-44)34-54(41(3)4)61(53)46-30-31-59-60(37-46)65(9)39-66(59)50-25-19-27-52(38-50)68-51-26-18-24-47(32-51)63-64-57-28-16-17-29-58(57)67(63)62-55(42(5)6)35-49(36-56(62)43(7)8)45-22-14-11-15-23-45;/h10-31,33-37,40-43H,1-9H3;/q-2;. The maximum Gasteiger partial charge on any atom is 0.242 e. The van der Waals surface area contributed by atoms with Gasteiger partial charge >= 0.3 is 0 Å². The zero-order chi connectivity index (χ0) is 47.2. The van der Waals surface area contributed by atoms with E-state index in [2.05, 4.69) is 234 Å². The van der Waals surface area contributed by atoms with E-state index >= 15 is 0 Å². The molecule has 2 heterocycles. The van der Waals surface area contributed by atoms with Gasteiger partial charge in [-0.15, -0.1) is 35.9 Å². The molecule has 0 radical (unpaired) electrons. The van der Waals surface area contributed by atoms with Crippen LogP contribution in [0.4, 0.5) is 0 Å². The van der Waals surface area contributed by atoms with Crippen molar-refractivity contribution < 1.29 is 30.4 Å². The van der Waals surface area contributed by atoms with Gasteiger partial charge in [0.25, 0.3) is 0 Å². The smallest absolute Gasteiger partial charge is 0.242 e. The molecular formula is C63H58N4OPt-2. The second kappa shape index (κ2) is 19.7. The number of hydrogen-bond acceptors (Lipinski definition) is 2. The molecule has 0 fully saturated rings. The number of imidazole rings is 2. The van der Waals surface area contributed by atoms with Crippen molar-refractivity contribution in [1.29, 1.82) is 0 Å². The van der Waals surface area contributed by atoms with Crippen LogP contribution in [0.1, 0.15) is 101 Å². The fourth-order valence-corrected chi connectivity index (χ4v) is 9.74. The monoisotopic (exact) mass is 1080 g/mol. The summed E-state index contributed by atoms with van der Waals surface area (Å²) in [6.45, 7) is 18.3. The molecule has 0 aliphatic carbocycles. The normalized spacial score (nSPS) is 11.7. The van der Waals surface area contributed by atoms with Crippen LogP contribution in [0, 0.1) is 18.5 Å². The summed E-state index contributed by atoms with van der Waals surface area (Å²) in [7, 11) is 2.06.